The van der Waals surface area contributed by atoms with Crippen LogP contribution < -0.4 is 5.32 Å². The fourth-order valence-electron chi connectivity index (χ4n) is 3.66. The van der Waals surface area contributed by atoms with Crippen LogP contribution in [-0.2, 0) is 20.7 Å². The maximum absolute atomic E-state index is 13.2. The smallest absolute Gasteiger partial charge is 0.340 e. The maximum atomic E-state index is 13.2. The molecule has 0 aliphatic carbocycles. The van der Waals surface area contributed by atoms with Gasteiger partial charge in [-0.15, -0.1) is 0 Å². The summed E-state index contributed by atoms with van der Waals surface area (Å²) in [5.74, 6) is -0.857. The number of fused-ring (bicyclic) bond motifs is 1. The lowest BCUT2D eigenvalue weighted by Gasteiger charge is -2.37. The highest BCUT2D eigenvalue weighted by molar-refractivity contribution is 6.01. The van der Waals surface area contributed by atoms with Gasteiger partial charge in [0.05, 0.1) is 36.9 Å². The second-order valence-corrected chi connectivity index (χ2v) is 6.86. The zero-order chi connectivity index (χ0) is 21.5. The number of urea groups is 1. The number of amides is 2. The van der Waals surface area contributed by atoms with Gasteiger partial charge < -0.3 is 19.7 Å². The molecule has 3 rings (SSSR count). The van der Waals surface area contributed by atoms with Gasteiger partial charge in [-0.25, -0.2) is 9.59 Å². The Morgan fingerprint density at radius 3 is 2.47 bits per heavy atom. The molecule has 0 radical (unpaired) electrons. The molecule has 0 fully saturated rings. The molecule has 1 aliphatic heterocycles. The quantitative estimate of drug-likeness (QED) is 0.729. The van der Waals surface area contributed by atoms with E-state index in [1.807, 2.05) is 24.3 Å². The van der Waals surface area contributed by atoms with Crippen LogP contribution in [0.2, 0.25) is 0 Å². The molecule has 0 saturated carbocycles. The third-order valence-corrected chi connectivity index (χ3v) is 5.00. The van der Waals surface area contributed by atoms with Gasteiger partial charge >= 0.3 is 18.0 Å². The molecule has 158 valence electrons. The maximum Gasteiger partial charge on any atom is 0.340 e. The van der Waals surface area contributed by atoms with Crippen LogP contribution in [0, 0.1) is 0 Å². The molecule has 2 amide bonds. The topological polar surface area (TPSA) is 84.9 Å². The number of carbonyl (C=O) groups is 3. The minimum atomic E-state index is -0.500. The Morgan fingerprint density at radius 1 is 1.00 bits per heavy atom. The zero-order valence-electron chi connectivity index (χ0n) is 17.2. The Hall–Kier alpha value is -3.35. The lowest BCUT2D eigenvalue weighted by Crippen LogP contribution is -2.43. The van der Waals surface area contributed by atoms with Gasteiger partial charge in [-0.3, -0.25) is 4.79 Å². The van der Waals surface area contributed by atoms with E-state index in [0.717, 1.165) is 11.1 Å². The molecule has 30 heavy (non-hydrogen) atoms. The van der Waals surface area contributed by atoms with Crippen molar-refractivity contribution in [2.24, 2.45) is 0 Å². The number of anilines is 1. The number of carbonyl (C=O) groups excluding carboxylic acids is 3. The first kappa shape index (κ1) is 21.4. The molecule has 0 spiro atoms. The SMILES string of the molecule is CCOC(=O)C[C@@H]1c2ccccc2CCN1C(=O)Nc1ccccc1C(=O)OCC. The summed E-state index contributed by atoms with van der Waals surface area (Å²) in [7, 11) is 0. The monoisotopic (exact) mass is 410 g/mol. The van der Waals surface area contributed by atoms with Crippen molar-refractivity contribution in [1.29, 1.82) is 0 Å². The number of nitrogens with one attached hydrogen (secondary N) is 1. The lowest BCUT2D eigenvalue weighted by atomic mass is 9.91. The van der Waals surface area contributed by atoms with Crippen molar-refractivity contribution in [3.8, 4) is 0 Å². The van der Waals surface area contributed by atoms with Crippen LogP contribution in [0.25, 0.3) is 0 Å². The molecule has 1 N–H and O–H groups in total. The van der Waals surface area contributed by atoms with Gasteiger partial charge in [0, 0.05) is 6.54 Å². The molecule has 7 heteroatoms. The van der Waals surface area contributed by atoms with E-state index in [2.05, 4.69) is 5.32 Å². The van der Waals surface area contributed by atoms with Crippen LogP contribution in [0.1, 0.15) is 47.8 Å². The molecular weight excluding hydrogens is 384 g/mol. The highest BCUT2D eigenvalue weighted by Crippen LogP contribution is 2.33. The summed E-state index contributed by atoms with van der Waals surface area (Å²) in [5, 5.41) is 2.82. The first-order chi connectivity index (χ1) is 14.5. The molecular formula is C23H26N2O5. The van der Waals surface area contributed by atoms with E-state index in [4.69, 9.17) is 9.47 Å². The standard InChI is InChI=1S/C23H26N2O5/c1-3-29-21(26)15-20-17-10-6-5-9-16(17)13-14-25(20)23(28)24-19-12-8-7-11-18(19)22(27)30-4-2/h5-12,20H,3-4,13-15H2,1-2H3,(H,24,28)/t20-/m1/s1. The molecule has 0 saturated heterocycles. The van der Waals surface area contributed by atoms with Gasteiger partial charge in [0.1, 0.15) is 0 Å². The first-order valence-electron chi connectivity index (χ1n) is 10.1. The molecule has 7 nitrogen and oxygen atoms in total. The van der Waals surface area contributed by atoms with Gasteiger partial charge in [0.2, 0.25) is 0 Å². The van der Waals surface area contributed by atoms with Crippen molar-refractivity contribution in [1.82, 2.24) is 4.90 Å². The zero-order valence-corrected chi connectivity index (χ0v) is 17.2. The molecule has 2 aromatic rings. The van der Waals surface area contributed by atoms with Gasteiger partial charge in [0.15, 0.2) is 0 Å². The van der Waals surface area contributed by atoms with Crippen LogP contribution in [0.3, 0.4) is 0 Å². The summed E-state index contributed by atoms with van der Waals surface area (Å²) in [6.45, 7) is 4.46. The number of esters is 2. The van der Waals surface area contributed by atoms with Crippen molar-refractivity contribution in [2.45, 2.75) is 32.7 Å². The van der Waals surface area contributed by atoms with Crippen LogP contribution in [0.5, 0.6) is 0 Å². The fourth-order valence-corrected chi connectivity index (χ4v) is 3.66. The Morgan fingerprint density at radius 2 is 1.70 bits per heavy atom. The molecule has 2 aromatic carbocycles. The van der Waals surface area contributed by atoms with Crippen LogP contribution in [0.15, 0.2) is 48.5 Å². The summed E-state index contributed by atoms with van der Waals surface area (Å²) < 4.78 is 10.2. The number of nitrogens with zero attached hydrogens (tertiary/aromatic N) is 1. The lowest BCUT2D eigenvalue weighted by molar-refractivity contribution is -0.144. The van der Waals surface area contributed by atoms with Crippen molar-refractivity contribution < 1.29 is 23.9 Å². The predicted molar refractivity (Wildman–Crippen MR) is 112 cm³/mol. The Kier molecular flexibility index (Phi) is 7.06. The summed E-state index contributed by atoms with van der Waals surface area (Å²) in [4.78, 5) is 39.2. The number of hydrogen-bond acceptors (Lipinski definition) is 5. The Labute approximate surface area is 176 Å². The van der Waals surface area contributed by atoms with Gasteiger partial charge in [0.25, 0.3) is 0 Å². The van der Waals surface area contributed by atoms with Crippen LogP contribution in [0.4, 0.5) is 10.5 Å². The van der Waals surface area contributed by atoms with Crippen LogP contribution in [-0.4, -0.2) is 42.6 Å². The highest BCUT2D eigenvalue weighted by atomic mass is 16.5. The van der Waals surface area contributed by atoms with E-state index in [1.165, 1.54) is 0 Å². The largest absolute Gasteiger partial charge is 0.466 e. The number of ether oxygens (including phenoxy) is 2. The predicted octanol–water partition coefficient (Wildman–Crippen LogP) is 3.95. The molecule has 1 atom stereocenters. The number of para-hydroxylation sites is 1. The summed E-state index contributed by atoms with van der Waals surface area (Å²) in [6.07, 6.45) is 0.750. The fraction of sp³-hybridized carbons (Fsp3) is 0.348. The summed E-state index contributed by atoms with van der Waals surface area (Å²) in [5.41, 5.74) is 2.70. The average molecular weight is 410 g/mol. The number of rotatable bonds is 6. The molecule has 0 bridgehead atoms. The van der Waals surface area contributed by atoms with E-state index in [1.54, 1.807) is 43.0 Å². The Balaban J connectivity index is 1.86. The number of benzene rings is 2. The first-order valence-corrected chi connectivity index (χ1v) is 10.1. The van der Waals surface area contributed by atoms with Crippen molar-refractivity contribution in [3.63, 3.8) is 0 Å². The van der Waals surface area contributed by atoms with E-state index >= 15 is 0 Å². The molecule has 0 unspecified atom stereocenters. The van der Waals surface area contributed by atoms with Gasteiger partial charge in [-0.2, -0.15) is 0 Å². The van der Waals surface area contributed by atoms with Gasteiger partial charge in [-0.1, -0.05) is 36.4 Å². The third-order valence-electron chi connectivity index (χ3n) is 5.00. The average Bonchev–Trinajstić information content (AvgIpc) is 2.74. The molecule has 1 heterocycles. The van der Waals surface area contributed by atoms with Crippen LogP contribution >= 0.6 is 0 Å². The summed E-state index contributed by atoms with van der Waals surface area (Å²) in [6, 6.07) is 13.7. The second kappa shape index (κ2) is 9.91. The molecule has 1 aliphatic rings. The molecule has 0 aromatic heterocycles. The van der Waals surface area contributed by atoms with E-state index in [9.17, 15) is 14.4 Å². The second-order valence-electron chi connectivity index (χ2n) is 6.86. The van der Waals surface area contributed by atoms with Crippen molar-refractivity contribution >= 4 is 23.7 Å². The van der Waals surface area contributed by atoms with E-state index in [-0.39, 0.29) is 37.2 Å². The Bertz CT molecular complexity index is 927. The minimum Gasteiger partial charge on any atom is -0.466 e. The normalized spacial score (nSPS) is 15.1. The van der Waals surface area contributed by atoms with Gasteiger partial charge in [-0.05, 0) is 43.5 Å². The van der Waals surface area contributed by atoms with E-state index < -0.39 is 12.0 Å². The summed E-state index contributed by atoms with van der Waals surface area (Å²) >= 11 is 0. The minimum absolute atomic E-state index is 0.0673. The van der Waals surface area contributed by atoms with Crippen molar-refractivity contribution in [2.75, 3.05) is 25.1 Å². The third kappa shape index (κ3) is 4.79. The number of hydrogen-bond donors (Lipinski definition) is 1. The highest BCUT2D eigenvalue weighted by Gasteiger charge is 2.33. The van der Waals surface area contributed by atoms with E-state index in [0.29, 0.717) is 18.7 Å². The van der Waals surface area contributed by atoms with Crippen molar-refractivity contribution in [3.05, 3.63) is 65.2 Å².